The summed E-state index contributed by atoms with van der Waals surface area (Å²) >= 11 is 0. The zero-order valence-electron chi connectivity index (χ0n) is 11.5. The van der Waals surface area contributed by atoms with Gasteiger partial charge in [0.25, 0.3) is 5.91 Å². The van der Waals surface area contributed by atoms with Gasteiger partial charge in [-0.1, -0.05) is 26.8 Å². The van der Waals surface area contributed by atoms with Crippen LogP contribution in [0.1, 0.15) is 41.0 Å². The molecule has 0 aromatic heterocycles. The van der Waals surface area contributed by atoms with Crippen LogP contribution in [0, 0.1) is 11.3 Å². The van der Waals surface area contributed by atoms with Gasteiger partial charge in [0.2, 0.25) is 0 Å². The molecule has 3 heteroatoms. The number of rotatable bonds is 3. The predicted octanol–water partition coefficient (Wildman–Crippen LogP) is 2.42. The molecular formula is C14H23NO2. The maximum absolute atomic E-state index is 12.2. The summed E-state index contributed by atoms with van der Waals surface area (Å²) in [5.74, 6) is -0.162. The number of carbonyl (C=O) groups is 2. The summed E-state index contributed by atoms with van der Waals surface area (Å²) in [6.07, 6.45) is 2.68. The molecule has 0 aromatic rings. The normalized spacial score (nSPS) is 23.2. The number of allylic oxidation sites excluding steroid dienone is 1. The molecule has 0 N–H and O–H groups in total. The molecule has 1 aliphatic carbocycles. The molecule has 1 aliphatic rings. The third kappa shape index (κ3) is 2.96. The topological polar surface area (TPSA) is 37.4 Å². The Balaban J connectivity index is 3.06. The number of Topliss-reactive ketones (excluding diaryl/α,β-unsaturated/α-hetero) is 1. The van der Waals surface area contributed by atoms with E-state index in [4.69, 9.17) is 0 Å². The maximum Gasteiger partial charge on any atom is 0.257 e. The van der Waals surface area contributed by atoms with Crippen molar-refractivity contribution in [2.24, 2.45) is 11.3 Å². The fraction of sp³-hybridized carbons (Fsp3) is 0.714. The maximum atomic E-state index is 12.2. The van der Waals surface area contributed by atoms with Crippen LogP contribution in [-0.4, -0.2) is 29.7 Å². The number of carbonyl (C=O) groups excluding carboxylic acids is 2. The van der Waals surface area contributed by atoms with Crippen LogP contribution in [0.5, 0.6) is 0 Å². The van der Waals surface area contributed by atoms with Crippen LogP contribution < -0.4 is 0 Å². The molecule has 1 unspecified atom stereocenters. The molecule has 0 aromatic carbocycles. The van der Waals surface area contributed by atoms with E-state index in [0.717, 1.165) is 6.42 Å². The Kier molecular flexibility index (Phi) is 4.12. The van der Waals surface area contributed by atoms with Crippen molar-refractivity contribution >= 4 is 11.7 Å². The lowest BCUT2D eigenvalue weighted by molar-refractivity contribution is -0.131. The second kappa shape index (κ2) is 5.03. The van der Waals surface area contributed by atoms with Crippen molar-refractivity contribution in [3.05, 3.63) is 11.6 Å². The molecule has 1 rings (SSSR count). The van der Waals surface area contributed by atoms with Gasteiger partial charge in [-0.25, -0.2) is 0 Å². The second-order valence-electron chi connectivity index (χ2n) is 5.49. The zero-order valence-corrected chi connectivity index (χ0v) is 11.5. The molecule has 0 saturated heterocycles. The van der Waals surface area contributed by atoms with Crippen LogP contribution in [0.25, 0.3) is 0 Å². The van der Waals surface area contributed by atoms with Crippen LogP contribution in [-0.2, 0) is 9.59 Å². The van der Waals surface area contributed by atoms with Crippen LogP contribution in [0.2, 0.25) is 0 Å². The van der Waals surface area contributed by atoms with E-state index in [1.165, 1.54) is 0 Å². The number of ketones is 1. The van der Waals surface area contributed by atoms with Crippen molar-refractivity contribution in [2.75, 3.05) is 13.1 Å². The van der Waals surface area contributed by atoms with Gasteiger partial charge in [-0.05, 0) is 25.7 Å². The van der Waals surface area contributed by atoms with Gasteiger partial charge >= 0.3 is 0 Å². The zero-order chi connectivity index (χ0) is 13.2. The van der Waals surface area contributed by atoms with Crippen molar-refractivity contribution in [1.82, 2.24) is 4.90 Å². The minimum Gasteiger partial charge on any atom is -0.339 e. The lowest BCUT2D eigenvalue weighted by Crippen LogP contribution is -2.38. The van der Waals surface area contributed by atoms with Gasteiger partial charge in [0.1, 0.15) is 0 Å². The molecule has 0 fully saturated rings. The standard InChI is InChI=1S/C14H23NO2/c1-6-15(7-2)13(17)11-9-14(4,5)8-10(3)12(11)16/h9-10H,6-8H2,1-5H3. The van der Waals surface area contributed by atoms with Crippen LogP contribution in [0.15, 0.2) is 11.6 Å². The van der Waals surface area contributed by atoms with Crippen LogP contribution in [0.3, 0.4) is 0 Å². The Hall–Kier alpha value is -1.12. The smallest absolute Gasteiger partial charge is 0.257 e. The summed E-state index contributed by atoms with van der Waals surface area (Å²) in [4.78, 5) is 26.0. The molecule has 3 nitrogen and oxygen atoms in total. The number of hydrogen-bond acceptors (Lipinski definition) is 2. The quantitative estimate of drug-likeness (QED) is 0.707. The summed E-state index contributed by atoms with van der Waals surface area (Å²) in [6, 6.07) is 0. The molecule has 17 heavy (non-hydrogen) atoms. The summed E-state index contributed by atoms with van der Waals surface area (Å²) in [5, 5.41) is 0. The molecule has 0 heterocycles. The first kappa shape index (κ1) is 13.9. The highest BCUT2D eigenvalue weighted by Crippen LogP contribution is 2.35. The predicted molar refractivity (Wildman–Crippen MR) is 68.6 cm³/mol. The van der Waals surface area contributed by atoms with Crippen molar-refractivity contribution < 1.29 is 9.59 Å². The Morgan fingerprint density at radius 2 is 1.94 bits per heavy atom. The molecule has 1 amide bonds. The highest BCUT2D eigenvalue weighted by Gasteiger charge is 2.35. The fourth-order valence-corrected chi connectivity index (χ4v) is 2.52. The minimum absolute atomic E-state index is 0.00113. The molecule has 0 aliphatic heterocycles. The first-order chi connectivity index (χ1) is 7.82. The van der Waals surface area contributed by atoms with E-state index in [-0.39, 0.29) is 23.0 Å². The molecular weight excluding hydrogens is 214 g/mol. The van der Waals surface area contributed by atoms with Crippen LogP contribution in [0.4, 0.5) is 0 Å². The van der Waals surface area contributed by atoms with E-state index in [9.17, 15) is 9.59 Å². The number of amides is 1. The van der Waals surface area contributed by atoms with Crippen LogP contribution >= 0.6 is 0 Å². The summed E-state index contributed by atoms with van der Waals surface area (Å²) < 4.78 is 0. The molecule has 0 saturated carbocycles. The SMILES string of the molecule is CCN(CC)C(=O)C1=CC(C)(C)CC(C)C1=O. The monoisotopic (exact) mass is 237 g/mol. The molecule has 0 radical (unpaired) electrons. The molecule has 0 bridgehead atoms. The van der Waals surface area contributed by atoms with Gasteiger partial charge in [0.15, 0.2) is 5.78 Å². The summed E-state index contributed by atoms with van der Waals surface area (Å²) in [6.45, 7) is 11.2. The molecule has 0 spiro atoms. The minimum atomic E-state index is -0.111. The van der Waals surface area contributed by atoms with E-state index in [0.29, 0.717) is 18.7 Å². The third-order valence-corrected chi connectivity index (χ3v) is 3.36. The molecule has 1 atom stereocenters. The van der Waals surface area contributed by atoms with Crippen molar-refractivity contribution in [3.8, 4) is 0 Å². The van der Waals surface area contributed by atoms with E-state index in [1.807, 2.05) is 26.8 Å². The lowest BCUT2D eigenvalue weighted by Gasteiger charge is -2.32. The fourth-order valence-electron chi connectivity index (χ4n) is 2.52. The highest BCUT2D eigenvalue weighted by atomic mass is 16.2. The second-order valence-corrected chi connectivity index (χ2v) is 5.49. The Bertz CT molecular complexity index is 351. The van der Waals surface area contributed by atoms with Gasteiger partial charge in [-0.3, -0.25) is 9.59 Å². The Morgan fingerprint density at radius 1 is 1.41 bits per heavy atom. The van der Waals surface area contributed by atoms with E-state index in [2.05, 4.69) is 13.8 Å². The van der Waals surface area contributed by atoms with E-state index >= 15 is 0 Å². The third-order valence-electron chi connectivity index (χ3n) is 3.36. The average Bonchev–Trinajstić information content (AvgIpc) is 2.24. The van der Waals surface area contributed by atoms with Crippen molar-refractivity contribution in [3.63, 3.8) is 0 Å². The van der Waals surface area contributed by atoms with Gasteiger partial charge in [0.05, 0.1) is 5.57 Å². The molecule has 96 valence electrons. The highest BCUT2D eigenvalue weighted by molar-refractivity contribution is 6.20. The largest absolute Gasteiger partial charge is 0.339 e. The van der Waals surface area contributed by atoms with Gasteiger partial charge in [-0.2, -0.15) is 0 Å². The first-order valence-corrected chi connectivity index (χ1v) is 6.38. The lowest BCUT2D eigenvalue weighted by atomic mass is 9.73. The summed E-state index contributed by atoms with van der Waals surface area (Å²) in [7, 11) is 0. The van der Waals surface area contributed by atoms with E-state index < -0.39 is 0 Å². The van der Waals surface area contributed by atoms with Gasteiger partial charge in [0, 0.05) is 19.0 Å². The first-order valence-electron chi connectivity index (χ1n) is 6.38. The number of nitrogens with zero attached hydrogens (tertiary/aromatic N) is 1. The van der Waals surface area contributed by atoms with Gasteiger partial charge < -0.3 is 4.90 Å². The summed E-state index contributed by atoms with van der Waals surface area (Å²) in [5.41, 5.74) is 0.323. The van der Waals surface area contributed by atoms with E-state index in [1.54, 1.807) is 4.90 Å². The number of likely N-dealkylation sites (N-methyl/N-ethyl adjacent to an activating group) is 1. The van der Waals surface area contributed by atoms with Crippen molar-refractivity contribution in [2.45, 2.75) is 41.0 Å². The average molecular weight is 237 g/mol. The van der Waals surface area contributed by atoms with Gasteiger partial charge in [-0.15, -0.1) is 0 Å². The van der Waals surface area contributed by atoms with Crippen molar-refractivity contribution in [1.29, 1.82) is 0 Å². The number of hydrogen-bond donors (Lipinski definition) is 0. The Labute approximate surface area is 104 Å². The Morgan fingerprint density at radius 3 is 2.41 bits per heavy atom.